The van der Waals surface area contributed by atoms with Gasteiger partial charge in [0.15, 0.2) is 12.4 Å². The maximum Gasteiger partial charge on any atom is 0.325 e. The second-order valence-corrected chi connectivity index (χ2v) is 6.28. The highest BCUT2D eigenvalue weighted by Crippen LogP contribution is 2.19. The summed E-state index contributed by atoms with van der Waals surface area (Å²) in [7, 11) is 0. The van der Waals surface area contributed by atoms with Gasteiger partial charge in [0.2, 0.25) is 11.9 Å². The standard InChI is InChI=1S/C21H22N6O3/c1-2-14-8-6-7-11-16(14)24-21-26-17(25-20(22)27-21)13-30-18(28)12-23-19(29)15-9-4-3-5-10-15/h3-11H,2,12-13H2,1H3,(H,23,29)(H3,22,24,25,26,27). The van der Waals surface area contributed by atoms with Crippen LogP contribution in [0, 0.1) is 0 Å². The maximum absolute atomic E-state index is 12.0. The number of nitrogens with zero attached hydrogens (tertiary/aromatic N) is 3. The normalized spacial score (nSPS) is 10.3. The summed E-state index contributed by atoms with van der Waals surface area (Å²) in [6.45, 7) is 1.57. The second kappa shape index (κ2) is 9.97. The van der Waals surface area contributed by atoms with E-state index >= 15 is 0 Å². The molecule has 0 fully saturated rings. The minimum atomic E-state index is -0.621. The van der Waals surface area contributed by atoms with Crippen molar-refractivity contribution in [1.29, 1.82) is 0 Å². The van der Waals surface area contributed by atoms with Crippen molar-refractivity contribution in [3.63, 3.8) is 0 Å². The van der Waals surface area contributed by atoms with Gasteiger partial charge in [-0.05, 0) is 30.2 Å². The van der Waals surface area contributed by atoms with Gasteiger partial charge in [-0.15, -0.1) is 0 Å². The van der Waals surface area contributed by atoms with Gasteiger partial charge in [-0.1, -0.05) is 43.3 Å². The molecule has 0 bridgehead atoms. The zero-order valence-corrected chi connectivity index (χ0v) is 16.5. The summed E-state index contributed by atoms with van der Waals surface area (Å²) < 4.78 is 5.13. The predicted octanol–water partition coefficient (Wildman–Crippen LogP) is 2.23. The number of nitrogen functional groups attached to an aromatic ring is 1. The molecular formula is C21H22N6O3. The Kier molecular flexibility index (Phi) is 6.88. The molecule has 4 N–H and O–H groups in total. The van der Waals surface area contributed by atoms with Crippen LogP contribution in [-0.4, -0.2) is 33.4 Å². The average molecular weight is 406 g/mol. The Morgan fingerprint density at radius 3 is 2.50 bits per heavy atom. The fraction of sp³-hybridized carbons (Fsp3) is 0.190. The Balaban J connectivity index is 1.56. The molecular weight excluding hydrogens is 384 g/mol. The van der Waals surface area contributed by atoms with Crippen LogP contribution in [0.1, 0.15) is 28.7 Å². The van der Waals surface area contributed by atoms with Crippen LogP contribution in [0.5, 0.6) is 0 Å². The molecule has 30 heavy (non-hydrogen) atoms. The zero-order chi connectivity index (χ0) is 21.3. The van der Waals surface area contributed by atoms with Crippen molar-refractivity contribution in [3.05, 3.63) is 71.5 Å². The molecule has 3 aromatic rings. The summed E-state index contributed by atoms with van der Waals surface area (Å²) in [6.07, 6.45) is 0.836. The number of para-hydroxylation sites is 1. The van der Waals surface area contributed by atoms with E-state index in [0.29, 0.717) is 5.56 Å². The lowest BCUT2D eigenvalue weighted by Gasteiger charge is -2.11. The quantitative estimate of drug-likeness (QED) is 0.485. The van der Waals surface area contributed by atoms with Crippen molar-refractivity contribution in [2.45, 2.75) is 20.0 Å². The number of nitrogens with one attached hydrogen (secondary N) is 2. The van der Waals surface area contributed by atoms with Gasteiger partial charge in [0.1, 0.15) is 6.54 Å². The third-order valence-corrected chi connectivity index (χ3v) is 4.14. The van der Waals surface area contributed by atoms with Gasteiger partial charge in [0, 0.05) is 11.3 Å². The van der Waals surface area contributed by atoms with E-state index in [1.54, 1.807) is 30.3 Å². The average Bonchev–Trinajstić information content (AvgIpc) is 2.76. The fourth-order valence-corrected chi connectivity index (χ4v) is 2.67. The highest BCUT2D eigenvalue weighted by atomic mass is 16.5. The van der Waals surface area contributed by atoms with Crippen LogP contribution >= 0.6 is 0 Å². The molecule has 0 aliphatic carbocycles. The third kappa shape index (κ3) is 5.74. The summed E-state index contributed by atoms with van der Waals surface area (Å²) in [5.74, 6) is -0.527. The van der Waals surface area contributed by atoms with Gasteiger partial charge in [-0.25, -0.2) is 0 Å². The molecule has 1 amide bonds. The van der Waals surface area contributed by atoms with Crippen LogP contribution in [0.15, 0.2) is 54.6 Å². The van der Waals surface area contributed by atoms with E-state index < -0.39 is 5.97 Å². The Labute approximate surface area is 173 Å². The van der Waals surface area contributed by atoms with E-state index in [9.17, 15) is 9.59 Å². The monoisotopic (exact) mass is 406 g/mol. The second-order valence-electron chi connectivity index (χ2n) is 6.28. The first-order valence-corrected chi connectivity index (χ1v) is 9.39. The molecule has 0 spiro atoms. The first-order chi connectivity index (χ1) is 14.5. The number of hydrogen-bond donors (Lipinski definition) is 3. The molecule has 3 rings (SSSR count). The van der Waals surface area contributed by atoms with Crippen LogP contribution in [-0.2, 0) is 22.6 Å². The van der Waals surface area contributed by atoms with Crippen molar-refractivity contribution < 1.29 is 14.3 Å². The molecule has 0 aliphatic rings. The number of aryl methyl sites for hydroxylation is 1. The van der Waals surface area contributed by atoms with Gasteiger partial charge >= 0.3 is 5.97 Å². The highest BCUT2D eigenvalue weighted by molar-refractivity contribution is 5.95. The van der Waals surface area contributed by atoms with E-state index in [4.69, 9.17) is 10.5 Å². The molecule has 154 valence electrons. The fourth-order valence-electron chi connectivity index (χ4n) is 2.67. The van der Waals surface area contributed by atoms with Gasteiger partial charge in [0.25, 0.3) is 5.91 Å². The molecule has 9 nitrogen and oxygen atoms in total. The zero-order valence-electron chi connectivity index (χ0n) is 16.5. The molecule has 2 aromatic carbocycles. The number of anilines is 3. The van der Waals surface area contributed by atoms with Crippen molar-refractivity contribution in [2.75, 3.05) is 17.6 Å². The topological polar surface area (TPSA) is 132 Å². The number of carbonyl (C=O) groups is 2. The number of amides is 1. The Morgan fingerprint density at radius 2 is 1.73 bits per heavy atom. The molecule has 0 saturated heterocycles. The molecule has 1 aromatic heterocycles. The van der Waals surface area contributed by atoms with Crippen molar-refractivity contribution in [3.8, 4) is 0 Å². The molecule has 0 saturated carbocycles. The smallest absolute Gasteiger partial charge is 0.325 e. The van der Waals surface area contributed by atoms with Crippen LogP contribution in [0.2, 0.25) is 0 Å². The summed E-state index contributed by atoms with van der Waals surface area (Å²) in [6, 6.07) is 16.3. The maximum atomic E-state index is 12.0. The summed E-state index contributed by atoms with van der Waals surface area (Å²) in [4.78, 5) is 36.2. The van der Waals surface area contributed by atoms with E-state index in [1.807, 2.05) is 31.2 Å². The Hall–Kier alpha value is -4.01. The molecule has 9 heteroatoms. The number of benzene rings is 2. The minimum absolute atomic E-state index is 0.00455. The largest absolute Gasteiger partial charge is 0.456 e. The van der Waals surface area contributed by atoms with Gasteiger partial charge in [-0.2, -0.15) is 15.0 Å². The SMILES string of the molecule is CCc1ccccc1Nc1nc(N)nc(COC(=O)CNC(=O)c2ccccc2)n1. The molecule has 1 heterocycles. The lowest BCUT2D eigenvalue weighted by Crippen LogP contribution is -2.30. The van der Waals surface area contributed by atoms with Crippen molar-refractivity contribution in [1.82, 2.24) is 20.3 Å². The summed E-state index contributed by atoms with van der Waals surface area (Å²) >= 11 is 0. The van der Waals surface area contributed by atoms with Crippen LogP contribution in [0.4, 0.5) is 17.6 Å². The summed E-state index contributed by atoms with van der Waals surface area (Å²) in [5.41, 5.74) is 8.16. The number of nitrogens with two attached hydrogens (primary N) is 1. The number of carbonyl (C=O) groups excluding carboxylic acids is 2. The number of aromatic nitrogens is 3. The Bertz CT molecular complexity index is 1030. The van der Waals surface area contributed by atoms with Gasteiger partial charge in [0.05, 0.1) is 0 Å². The molecule has 0 atom stereocenters. The van der Waals surface area contributed by atoms with E-state index in [0.717, 1.165) is 17.7 Å². The van der Waals surface area contributed by atoms with Crippen molar-refractivity contribution >= 4 is 29.5 Å². The van der Waals surface area contributed by atoms with Crippen LogP contribution in [0.25, 0.3) is 0 Å². The van der Waals surface area contributed by atoms with E-state index in [1.165, 1.54) is 0 Å². The Morgan fingerprint density at radius 1 is 1.00 bits per heavy atom. The number of esters is 1. The molecule has 0 aliphatic heterocycles. The lowest BCUT2D eigenvalue weighted by atomic mass is 10.1. The van der Waals surface area contributed by atoms with Gasteiger partial charge < -0.3 is 21.1 Å². The number of rotatable bonds is 8. The highest BCUT2D eigenvalue weighted by Gasteiger charge is 2.11. The van der Waals surface area contributed by atoms with E-state index in [-0.39, 0.29) is 36.8 Å². The minimum Gasteiger partial charge on any atom is -0.456 e. The van der Waals surface area contributed by atoms with Crippen LogP contribution in [0.3, 0.4) is 0 Å². The van der Waals surface area contributed by atoms with E-state index in [2.05, 4.69) is 25.6 Å². The lowest BCUT2D eigenvalue weighted by molar-refractivity contribution is -0.143. The third-order valence-electron chi connectivity index (χ3n) is 4.14. The molecule has 0 radical (unpaired) electrons. The van der Waals surface area contributed by atoms with Gasteiger partial charge in [-0.3, -0.25) is 9.59 Å². The number of ether oxygens (including phenoxy) is 1. The van der Waals surface area contributed by atoms with Crippen molar-refractivity contribution in [2.24, 2.45) is 0 Å². The predicted molar refractivity (Wildman–Crippen MR) is 112 cm³/mol. The van der Waals surface area contributed by atoms with Crippen LogP contribution < -0.4 is 16.4 Å². The first kappa shape index (κ1) is 20.7. The first-order valence-electron chi connectivity index (χ1n) is 9.39. The molecule has 0 unspecified atom stereocenters. The number of hydrogen-bond acceptors (Lipinski definition) is 8. The summed E-state index contributed by atoms with van der Waals surface area (Å²) in [5, 5.41) is 5.61.